The SMILES string of the molecule is CNC(CS(=O)(=O)Cc1cccc(C)c1)C(C)(C)C. The van der Waals surface area contributed by atoms with Crippen LogP contribution < -0.4 is 5.32 Å². The van der Waals surface area contributed by atoms with Crippen LogP contribution >= 0.6 is 0 Å². The first-order valence-electron chi connectivity index (χ1n) is 6.57. The van der Waals surface area contributed by atoms with Crippen molar-refractivity contribution in [3.8, 4) is 0 Å². The predicted octanol–water partition coefficient (Wildman–Crippen LogP) is 2.54. The number of hydrogen-bond acceptors (Lipinski definition) is 3. The lowest BCUT2D eigenvalue weighted by Crippen LogP contribution is -2.43. The van der Waals surface area contributed by atoms with Crippen LogP contribution in [0.15, 0.2) is 24.3 Å². The molecule has 4 heteroatoms. The molecule has 0 aliphatic heterocycles. The van der Waals surface area contributed by atoms with Gasteiger partial charge in [-0.2, -0.15) is 0 Å². The monoisotopic (exact) mass is 283 g/mol. The highest BCUT2D eigenvalue weighted by atomic mass is 32.2. The summed E-state index contributed by atoms with van der Waals surface area (Å²) in [6.07, 6.45) is 0. The minimum absolute atomic E-state index is 0.0395. The van der Waals surface area contributed by atoms with Gasteiger partial charge >= 0.3 is 0 Å². The third-order valence-electron chi connectivity index (χ3n) is 3.28. The highest BCUT2D eigenvalue weighted by Crippen LogP contribution is 2.21. The van der Waals surface area contributed by atoms with E-state index in [-0.39, 0.29) is 23.0 Å². The molecule has 1 aromatic rings. The van der Waals surface area contributed by atoms with Gasteiger partial charge in [0.15, 0.2) is 9.84 Å². The normalized spacial score (nSPS) is 14.4. The van der Waals surface area contributed by atoms with Crippen LogP contribution in [0.3, 0.4) is 0 Å². The molecule has 1 rings (SSSR count). The van der Waals surface area contributed by atoms with Crippen LogP contribution in [-0.2, 0) is 15.6 Å². The fourth-order valence-corrected chi connectivity index (χ4v) is 4.11. The molecule has 19 heavy (non-hydrogen) atoms. The second-order valence-corrected chi connectivity index (χ2v) is 8.36. The first kappa shape index (κ1) is 16.2. The molecule has 0 aromatic heterocycles. The molecule has 0 saturated heterocycles. The van der Waals surface area contributed by atoms with Crippen LogP contribution in [0.4, 0.5) is 0 Å². The highest BCUT2D eigenvalue weighted by molar-refractivity contribution is 7.90. The smallest absolute Gasteiger partial charge is 0.155 e. The van der Waals surface area contributed by atoms with Crippen molar-refractivity contribution in [2.45, 2.75) is 39.5 Å². The summed E-state index contributed by atoms with van der Waals surface area (Å²) in [4.78, 5) is 0. The Kier molecular flexibility index (Phi) is 5.16. The van der Waals surface area contributed by atoms with Gasteiger partial charge in [-0.1, -0.05) is 50.6 Å². The maximum absolute atomic E-state index is 12.3. The van der Waals surface area contributed by atoms with Gasteiger partial charge in [-0.3, -0.25) is 0 Å². The highest BCUT2D eigenvalue weighted by Gasteiger charge is 2.28. The van der Waals surface area contributed by atoms with E-state index in [0.29, 0.717) is 0 Å². The van der Waals surface area contributed by atoms with Crippen molar-refractivity contribution >= 4 is 9.84 Å². The van der Waals surface area contributed by atoms with Crippen molar-refractivity contribution in [2.75, 3.05) is 12.8 Å². The Labute approximate surface area is 117 Å². The third kappa shape index (κ3) is 5.33. The van der Waals surface area contributed by atoms with Crippen LogP contribution in [0, 0.1) is 12.3 Å². The summed E-state index contributed by atoms with van der Waals surface area (Å²) in [5.74, 6) is 0.282. The maximum Gasteiger partial charge on any atom is 0.155 e. The summed E-state index contributed by atoms with van der Waals surface area (Å²) in [5.41, 5.74) is 1.88. The van der Waals surface area contributed by atoms with E-state index in [9.17, 15) is 8.42 Å². The van der Waals surface area contributed by atoms with Gasteiger partial charge in [0.05, 0.1) is 11.5 Å². The number of nitrogens with one attached hydrogen (secondary N) is 1. The van der Waals surface area contributed by atoms with Crippen molar-refractivity contribution < 1.29 is 8.42 Å². The van der Waals surface area contributed by atoms with E-state index in [2.05, 4.69) is 26.1 Å². The van der Waals surface area contributed by atoms with Crippen LogP contribution in [0.2, 0.25) is 0 Å². The molecular formula is C15H25NO2S. The summed E-state index contributed by atoms with van der Waals surface area (Å²) in [6, 6.07) is 7.64. The fourth-order valence-electron chi connectivity index (χ4n) is 2.14. The van der Waals surface area contributed by atoms with E-state index in [1.54, 1.807) is 0 Å². The van der Waals surface area contributed by atoms with Gasteiger partial charge in [0, 0.05) is 6.04 Å². The van der Waals surface area contributed by atoms with Crippen molar-refractivity contribution in [3.05, 3.63) is 35.4 Å². The number of benzene rings is 1. The zero-order valence-corrected chi connectivity index (χ0v) is 13.3. The van der Waals surface area contributed by atoms with E-state index < -0.39 is 9.84 Å². The molecule has 0 spiro atoms. The van der Waals surface area contributed by atoms with Crippen LogP contribution in [0.1, 0.15) is 31.9 Å². The van der Waals surface area contributed by atoms with E-state index in [4.69, 9.17) is 0 Å². The van der Waals surface area contributed by atoms with Crippen molar-refractivity contribution in [2.24, 2.45) is 5.41 Å². The predicted molar refractivity (Wildman–Crippen MR) is 81.0 cm³/mol. The zero-order valence-electron chi connectivity index (χ0n) is 12.5. The molecule has 0 aliphatic rings. The quantitative estimate of drug-likeness (QED) is 0.903. The Morgan fingerprint density at radius 3 is 2.37 bits per heavy atom. The minimum atomic E-state index is -3.11. The lowest BCUT2D eigenvalue weighted by molar-refractivity contribution is 0.302. The van der Waals surface area contributed by atoms with E-state index in [1.165, 1.54) is 0 Å². The molecule has 0 heterocycles. The Balaban J connectivity index is 2.82. The molecule has 0 bridgehead atoms. The maximum atomic E-state index is 12.3. The Morgan fingerprint density at radius 2 is 1.89 bits per heavy atom. The standard InChI is InChI=1S/C15H25NO2S/c1-12-7-6-8-13(9-12)10-19(17,18)11-14(16-5)15(2,3)4/h6-9,14,16H,10-11H2,1-5H3. The fraction of sp³-hybridized carbons (Fsp3) is 0.600. The molecule has 3 nitrogen and oxygen atoms in total. The molecule has 1 unspecified atom stereocenters. The molecule has 0 amide bonds. The number of rotatable bonds is 5. The lowest BCUT2D eigenvalue weighted by atomic mass is 9.88. The molecule has 0 fully saturated rings. The first-order valence-corrected chi connectivity index (χ1v) is 8.39. The minimum Gasteiger partial charge on any atom is -0.315 e. The lowest BCUT2D eigenvalue weighted by Gasteiger charge is -2.30. The molecule has 108 valence electrons. The van der Waals surface area contributed by atoms with Crippen LogP contribution in [0.25, 0.3) is 0 Å². The Hall–Kier alpha value is -0.870. The van der Waals surface area contributed by atoms with E-state index in [1.807, 2.05) is 38.2 Å². The molecule has 1 N–H and O–H groups in total. The number of aryl methyl sites for hydroxylation is 1. The topological polar surface area (TPSA) is 46.2 Å². The molecule has 1 atom stereocenters. The van der Waals surface area contributed by atoms with E-state index in [0.717, 1.165) is 11.1 Å². The summed E-state index contributed by atoms with van der Waals surface area (Å²) in [5, 5.41) is 3.12. The third-order valence-corrected chi connectivity index (χ3v) is 4.90. The van der Waals surface area contributed by atoms with Gasteiger partial charge < -0.3 is 5.32 Å². The number of sulfone groups is 1. The zero-order chi connectivity index (χ0) is 14.7. The Bertz CT molecular complexity index is 515. The summed E-state index contributed by atoms with van der Waals surface area (Å²) in [6.45, 7) is 8.13. The summed E-state index contributed by atoms with van der Waals surface area (Å²) >= 11 is 0. The van der Waals surface area contributed by atoms with Crippen molar-refractivity contribution in [3.63, 3.8) is 0 Å². The van der Waals surface area contributed by atoms with Gasteiger partial charge in [0.25, 0.3) is 0 Å². The van der Waals surface area contributed by atoms with Crippen molar-refractivity contribution in [1.29, 1.82) is 0 Å². The largest absolute Gasteiger partial charge is 0.315 e. The van der Waals surface area contributed by atoms with Crippen LogP contribution in [0.5, 0.6) is 0 Å². The summed E-state index contributed by atoms with van der Waals surface area (Å²) in [7, 11) is -1.29. The van der Waals surface area contributed by atoms with Gasteiger partial charge in [0.2, 0.25) is 0 Å². The first-order chi connectivity index (χ1) is 8.64. The number of hydrogen-bond donors (Lipinski definition) is 1. The molecule has 0 aliphatic carbocycles. The second-order valence-electron chi connectivity index (χ2n) is 6.25. The molecular weight excluding hydrogens is 258 g/mol. The Morgan fingerprint density at radius 1 is 1.26 bits per heavy atom. The van der Waals surface area contributed by atoms with Gasteiger partial charge in [-0.25, -0.2) is 8.42 Å². The molecule has 1 aromatic carbocycles. The van der Waals surface area contributed by atoms with Crippen molar-refractivity contribution in [1.82, 2.24) is 5.32 Å². The van der Waals surface area contributed by atoms with Gasteiger partial charge in [-0.05, 0) is 24.9 Å². The molecule has 0 saturated carbocycles. The average Bonchev–Trinajstić information content (AvgIpc) is 2.23. The molecule has 0 radical (unpaired) electrons. The second kappa shape index (κ2) is 6.06. The summed E-state index contributed by atoms with van der Waals surface area (Å²) < 4.78 is 24.6. The van der Waals surface area contributed by atoms with Gasteiger partial charge in [0.1, 0.15) is 0 Å². The van der Waals surface area contributed by atoms with Crippen LogP contribution in [-0.4, -0.2) is 27.3 Å². The van der Waals surface area contributed by atoms with Gasteiger partial charge in [-0.15, -0.1) is 0 Å². The van der Waals surface area contributed by atoms with E-state index >= 15 is 0 Å². The average molecular weight is 283 g/mol.